The second kappa shape index (κ2) is 8.85. The van der Waals surface area contributed by atoms with Crippen LogP contribution >= 0.6 is 0 Å². The molecule has 33 heavy (non-hydrogen) atoms. The zero-order valence-electron chi connectivity index (χ0n) is 19.5. The zero-order chi connectivity index (χ0) is 22.9. The molecule has 3 aromatic rings. The van der Waals surface area contributed by atoms with Crippen LogP contribution in [0.2, 0.25) is 0 Å². The van der Waals surface area contributed by atoms with E-state index in [1.165, 1.54) is 16.7 Å². The maximum atomic E-state index is 13.1. The molecule has 0 radical (unpaired) electrons. The second-order valence-corrected chi connectivity index (χ2v) is 9.10. The fraction of sp³-hybridized carbons (Fsp3) is 0.370. The molecule has 0 atom stereocenters. The predicted molar refractivity (Wildman–Crippen MR) is 130 cm³/mol. The molecular formula is C27H30N4O2. The maximum Gasteiger partial charge on any atom is 0.253 e. The molecule has 6 heteroatoms. The minimum atomic E-state index is 0.0688. The van der Waals surface area contributed by atoms with Crippen LogP contribution < -0.4 is 9.64 Å². The van der Waals surface area contributed by atoms with Gasteiger partial charge < -0.3 is 14.5 Å². The lowest BCUT2D eigenvalue weighted by Crippen LogP contribution is -2.38. The summed E-state index contributed by atoms with van der Waals surface area (Å²) < 4.78 is 5.77. The van der Waals surface area contributed by atoms with Crippen molar-refractivity contribution in [3.8, 4) is 16.9 Å². The number of aromatic nitrogens is 2. The number of nitrogens with zero attached hydrogens (tertiary/aromatic N) is 4. The molecule has 1 saturated heterocycles. The van der Waals surface area contributed by atoms with E-state index in [9.17, 15) is 4.79 Å². The van der Waals surface area contributed by atoms with Crippen molar-refractivity contribution in [2.75, 3.05) is 38.2 Å². The summed E-state index contributed by atoms with van der Waals surface area (Å²) in [4.78, 5) is 26.6. The number of aryl methyl sites for hydroxylation is 1. The van der Waals surface area contributed by atoms with Gasteiger partial charge in [0.2, 0.25) is 0 Å². The summed E-state index contributed by atoms with van der Waals surface area (Å²) in [6, 6.07) is 12.1. The summed E-state index contributed by atoms with van der Waals surface area (Å²) >= 11 is 0. The van der Waals surface area contributed by atoms with Crippen molar-refractivity contribution < 1.29 is 9.53 Å². The van der Waals surface area contributed by atoms with E-state index in [0.717, 1.165) is 42.2 Å². The van der Waals surface area contributed by atoms with Crippen LogP contribution in [-0.4, -0.2) is 54.1 Å². The van der Waals surface area contributed by atoms with Crippen LogP contribution in [0.5, 0.6) is 5.75 Å². The lowest BCUT2D eigenvalue weighted by molar-refractivity contribution is 0.0710. The van der Waals surface area contributed by atoms with Gasteiger partial charge in [0.15, 0.2) is 0 Å². The van der Waals surface area contributed by atoms with Crippen molar-refractivity contribution in [1.29, 1.82) is 0 Å². The van der Waals surface area contributed by atoms with Crippen LogP contribution in [0, 0.1) is 13.8 Å². The Hall–Kier alpha value is -3.41. The van der Waals surface area contributed by atoms with Crippen molar-refractivity contribution in [2.24, 2.45) is 0 Å². The van der Waals surface area contributed by atoms with Crippen molar-refractivity contribution in [3.05, 3.63) is 71.3 Å². The third kappa shape index (κ3) is 4.17. The van der Waals surface area contributed by atoms with E-state index >= 15 is 0 Å². The molecule has 3 heterocycles. The summed E-state index contributed by atoms with van der Waals surface area (Å²) in [6.07, 6.45) is 5.62. The lowest BCUT2D eigenvalue weighted by atomic mass is 9.95. The Balaban J connectivity index is 1.24. The maximum absolute atomic E-state index is 13.1. The summed E-state index contributed by atoms with van der Waals surface area (Å²) in [5.41, 5.74) is 6.50. The van der Waals surface area contributed by atoms with Gasteiger partial charge in [-0.2, -0.15) is 0 Å². The summed E-state index contributed by atoms with van der Waals surface area (Å²) in [7, 11) is 2.05. The highest BCUT2D eigenvalue weighted by Gasteiger charge is 2.27. The SMILES string of the molecule is Cc1cccc(-c2cnc(C3CCN(C(=O)c4ccc5c(c4)OCCN5C)CC3)nc2)c1C. The smallest absolute Gasteiger partial charge is 0.253 e. The topological polar surface area (TPSA) is 58.6 Å². The van der Waals surface area contributed by atoms with Gasteiger partial charge in [-0.05, 0) is 61.6 Å². The van der Waals surface area contributed by atoms with Crippen molar-refractivity contribution in [3.63, 3.8) is 0 Å². The van der Waals surface area contributed by atoms with Crippen LogP contribution in [0.25, 0.3) is 11.1 Å². The number of fused-ring (bicyclic) bond motifs is 1. The Morgan fingerprint density at radius 2 is 1.79 bits per heavy atom. The van der Waals surface area contributed by atoms with Crippen LogP contribution in [0.4, 0.5) is 5.69 Å². The zero-order valence-corrected chi connectivity index (χ0v) is 19.5. The van der Waals surface area contributed by atoms with Crippen LogP contribution in [-0.2, 0) is 0 Å². The third-order valence-electron chi connectivity index (χ3n) is 7.04. The molecular weight excluding hydrogens is 412 g/mol. The highest BCUT2D eigenvalue weighted by atomic mass is 16.5. The fourth-order valence-corrected chi connectivity index (χ4v) is 4.77. The molecule has 1 aromatic heterocycles. The number of amides is 1. The first-order valence-electron chi connectivity index (χ1n) is 11.7. The van der Waals surface area contributed by atoms with Gasteiger partial charge >= 0.3 is 0 Å². The Labute approximate surface area is 195 Å². The van der Waals surface area contributed by atoms with E-state index in [1.54, 1.807) is 0 Å². The normalized spacial score (nSPS) is 16.3. The first kappa shape index (κ1) is 21.4. The number of rotatable bonds is 3. The number of piperidine rings is 1. The number of benzene rings is 2. The monoisotopic (exact) mass is 442 g/mol. The highest BCUT2D eigenvalue weighted by Crippen LogP contribution is 2.33. The van der Waals surface area contributed by atoms with Crippen molar-refractivity contribution in [2.45, 2.75) is 32.6 Å². The first-order chi connectivity index (χ1) is 16.0. The average Bonchev–Trinajstić information content (AvgIpc) is 2.85. The molecule has 1 fully saturated rings. The first-order valence-corrected chi connectivity index (χ1v) is 11.7. The highest BCUT2D eigenvalue weighted by molar-refractivity contribution is 5.95. The van der Waals surface area contributed by atoms with Gasteiger partial charge in [-0.3, -0.25) is 4.79 Å². The van der Waals surface area contributed by atoms with E-state index < -0.39 is 0 Å². The van der Waals surface area contributed by atoms with Crippen LogP contribution in [0.15, 0.2) is 48.8 Å². The number of hydrogen-bond acceptors (Lipinski definition) is 5. The largest absolute Gasteiger partial charge is 0.490 e. The number of carbonyl (C=O) groups excluding carboxylic acids is 1. The minimum absolute atomic E-state index is 0.0688. The van der Waals surface area contributed by atoms with E-state index in [0.29, 0.717) is 25.3 Å². The summed E-state index contributed by atoms with van der Waals surface area (Å²) in [5, 5.41) is 0. The van der Waals surface area contributed by atoms with Crippen LogP contribution in [0.3, 0.4) is 0 Å². The standard InChI is InChI=1S/C27H30N4O2/c1-18-5-4-6-23(19(18)2)22-16-28-26(29-17-22)20-9-11-31(12-10-20)27(32)21-7-8-24-25(15-21)33-14-13-30(24)3/h4-8,15-17,20H,9-14H2,1-3H3. The van der Waals surface area contributed by atoms with E-state index in [4.69, 9.17) is 14.7 Å². The van der Waals surface area contributed by atoms with Gasteiger partial charge in [0, 0.05) is 49.6 Å². The molecule has 0 unspecified atom stereocenters. The molecule has 5 rings (SSSR count). The van der Waals surface area contributed by atoms with Crippen molar-refractivity contribution >= 4 is 11.6 Å². The second-order valence-electron chi connectivity index (χ2n) is 9.10. The molecule has 0 saturated carbocycles. The van der Waals surface area contributed by atoms with Gasteiger partial charge in [-0.25, -0.2) is 9.97 Å². The number of hydrogen-bond donors (Lipinski definition) is 0. The fourth-order valence-electron chi connectivity index (χ4n) is 4.77. The number of ether oxygens (including phenoxy) is 1. The van der Waals surface area contributed by atoms with Gasteiger partial charge in [0.05, 0.1) is 12.2 Å². The van der Waals surface area contributed by atoms with Crippen molar-refractivity contribution in [1.82, 2.24) is 14.9 Å². The van der Waals surface area contributed by atoms with E-state index in [-0.39, 0.29) is 11.8 Å². The molecule has 6 nitrogen and oxygen atoms in total. The number of carbonyl (C=O) groups is 1. The molecule has 0 spiro atoms. The predicted octanol–water partition coefficient (Wildman–Crippen LogP) is 4.61. The summed E-state index contributed by atoms with van der Waals surface area (Å²) in [6.45, 7) is 7.19. The third-order valence-corrected chi connectivity index (χ3v) is 7.04. The molecule has 170 valence electrons. The number of likely N-dealkylation sites (tertiary alicyclic amines) is 1. The molecule has 0 bridgehead atoms. The summed E-state index contributed by atoms with van der Waals surface area (Å²) in [5.74, 6) is 2.02. The molecule has 0 aliphatic carbocycles. The molecule has 1 amide bonds. The van der Waals surface area contributed by atoms with E-state index in [2.05, 4.69) is 36.9 Å². The van der Waals surface area contributed by atoms with Gasteiger partial charge in [0.1, 0.15) is 18.2 Å². The Bertz CT molecular complexity index is 1170. The van der Waals surface area contributed by atoms with E-state index in [1.807, 2.05) is 42.5 Å². The Morgan fingerprint density at radius 3 is 2.55 bits per heavy atom. The van der Waals surface area contributed by atoms with Gasteiger partial charge in [-0.15, -0.1) is 0 Å². The lowest BCUT2D eigenvalue weighted by Gasteiger charge is -2.32. The van der Waals surface area contributed by atoms with Gasteiger partial charge in [-0.1, -0.05) is 18.2 Å². The molecule has 2 aliphatic heterocycles. The molecule has 2 aliphatic rings. The van der Waals surface area contributed by atoms with Crippen LogP contribution in [0.1, 0.15) is 46.1 Å². The average molecular weight is 443 g/mol. The molecule has 2 aromatic carbocycles. The van der Waals surface area contributed by atoms with Gasteiger partial charge in [0.25, 0.3) is 5.91 Å². The number of likely N-dealkylation sites (N-methyl/N-ethyl adjacent to an activating group) is 1. The quantitative estimate of drug-likeness (QED) is 0.593. The minimum Gasteiger partial charge on any atom is -0.490 e. The number of anilines is 1. The Morgan fingerprint density at radius 1 is 1.03 bits per heavy atom. The molecule has 0 N–H and O–H groups in total. The Kier molecular flexibility index (Phi) is 5.75.